The number of ketones is 1. The Bertz CT molecular complexity index is 514. The molecule has 2 aliphatic heterocycles. The Balaban J connectivity index is 1.81. The smallest absolute Gasteiger partial charge is 0.164 e. The summed E-state index contributed by atoms with van der Waals surface area (Å²) < 4.78 is 0. The average molecular weight is 286 g/mol. The molecule has 2 atom stereocenters. The Morgan fingerprint density at radius 2 is 2.05 bits per heavy atom. The predicted octanol–water partition coefficient (Wildman–Crippen LogP) is 3.20. The molecule has 1 aromatic carbocycles. The highest BCUT2D eigenvalue weighted by atomic mass is 16.1. The molecular formula is C18H26N2O. The summed E-state index contributed by atoms with van der Waals surface area (Å²) in [6.45, 7) is 5.36. The van der Waals surface area contributed by atoms with E-state index in [1.165, 1.54) is 25.8 Å². The van der Waals surface area contributed by atoms with Gasteiger partial charge in [0.1, 0.15) is 0 Å². The molecule has 3 heteroatoms. The van der Waals surface area contributed by atoms with Gasteiger partial charge in [-0.3, -0.25) is 4.79 Å². The summed E-state index contributed by atoms with van der Waals surface area (Å²) in [5.41, 5.74) is 2.05. The summed E-state index contributed by atoms with van der Waals surface area (Å²) in [4.78, 5) is 17.2. The van der Waals surface area contributed by atoms with Gasteiger partial charge in [0.2, 0.25) is 0 Å². The van der Waals surface area contributed by atoms with Crippen LogP contribution in [0.3, 0.4) is 0 Å². The number of Topliss-reactive ketones (excluding diaryl/α,β-unsaturated/α-hetero) is 1. The monoisotopic (exact) mass is 286 g/mol. The van der Waals surface area contributed by atoms with Gasteiger partial charge in [0, 0.05) is 36.8 Å². The number of carbonyl (C=O) groups is 1. The maximum Gasteiger partial charge on any atom is 0.164 e. The number of hydrogen-bond donors (Lipinski definition) is 0. The lowest BCUT2D eigenvalue weighted by atomic mass is 9.84. The Kier molecular flexibility index (Phi) is 4.29. The summed E-state index contributed by atoms with van der Waals surface area (Å²) >= 11 is 0. The van der Waals surface area contributed by atoms with E-state index in [2.05, 4.69) is 29.0 Å². The number of para-hydroxylation sites is 1. The molecule has 3 rings (SSSR count). The first-order valence-electron chi connectivity index (χ1n) is 8.28. The number of likely N-dealkylation sites (tertiary alicyclic amines) is 1. The third-order valence-electron chi connectivity index (χ3n) is 5.21. The van der Waals surface area contributed by atoms with E-state index in [9.17, 15) is 4.79 Å². The molecule has 0 spiro atoms. The first-order valence-corrected chi connectivity index (χ1v) is 8.28. The molecule has 2 heterocycles. The number of rotatable bonds is 3. The highest BCUT2D eigenvalue weighted by molar-refractivity contribution is 6.01. The molecule has 1 aromatic rings. The molecule has 0 amide bonds. The topological polar surface area (TPSA) is 23.6 Å². The Morgan fingerprint density at radius 3 is 2.86 bits per heavy atom. The second-order valence-corrected chi connectivity index (χ2v) is 6.48. The normalized spacial score (nSPS) is 26.5. The van der Waals surface area contributed by atoms with Crippen LogP contribution in [0.15, 0.2) is 24.3 Å². The number of benzene rings is 1. The molecule has 0 radical (unpaired) electrons. The average Bonchev–Trinajstić information content (AvgIpc) is 2.54. The van der Waals surface area contributed by atoms with E-state index < -0.39 is 0 Å². The largest absolute Gasteiger partial charge is 0.371 e. The van der Waals surface area contributed by atoms with Gasteiger partial charge in [-0.05, 0) is 50.9 Å². The summed E-state index contributed by atoms with van der Waals surface area (Å²) in [6.07, 6.45) is 4.44. The lowest BCUT2D eigenvalue weighted by Gasteiger charge is -2.47. The first kappa shape index (κ1) is 14.6. The summed E-state index contributed by atoms with van der Waals surface area (Å²) in [7, 11) is 2.26. The molecule has 0 N–H and O–H groups in total. The lowest BCUT2D eigenvalue weighted by molar-refractivity contribution is 0.0981. The quantitative estimate of drug-likeness (QED) is 0.797. The van der Waals surface area contributed by atoms with Crippen molar-refractivity contribution < 1.29 is 4.79 Å². The van der Waals surface area contributed by atoms with Crippen LogP contribution in [0, 0.1) is 5.92 Å². The molecule has 0 saturated carbocycles. The SMILES string of the molecule is CCC(=O)c1ccccc1N1CCC2C(CCCN2C)C1. The van der Waals surface area contributed by atoms with Crippen LogP contribution in [-0.4, -0.2) is 43.4 Å². The van der Waals surface area contributed by atoms with E-state index in [-0.39, 0.29) is 5.78 Å². The summed E-state index contributed by atoms with van der Waals surface area (Å²) in [5, 5.41) is 0. The van der Waals surface area contributed by atoms with Gasteiger partial charge in [-0.15, -0.1) is 0 Å². The van der Waals surface area contributed by atoms with Crippen molar-refractivity contribution in [3.05, 3.63) is 29.8 Å². The van der Waals surface area contributed by atoms with Crippen molar-refractivity contribution in [3.8, 4) is 0 Å². The van der Waals surface area contributed by atoms with Crippen LogP contribution >= 0.6 is 0 Å². The van der Waals surface area contributed by atoms with Crippen molar-refractivity contribution in [1.82, 2.24) is 4.90 Å². The van der Waals surface area contributed by atoms with Gasteiger partial charge in [-0.1, -0.05) is 19.1 Å². The molecule has 2 unspecified atom stereocenters. The van der Waals surface area contributed by atoms with Crippen molar-refractivity contribution in [1.29, 1.82) is 0 Å². The molecule has 0 bridgehead atoms. The minimum absolute atomic E-state index is 0.258. The van der Waals surface area contributed by atoms with Gasteiger partial charge in [0.05, 0.1) is 0 Å². The number of carbonyl (C=O) groups excluding carboxylic acids is 1. The minimum Gasteiger partial charge on any atom is -0.371 e. The maximum absolute atomic E-state index is 12.2. The first-order chi connectivity index (χ1) is 10.2. The Labute approximate surface area is 127 Å². The highest BCUT2D eigenvalue weighted by Gasteiger charge is 2.34. The third-order valence-corrected chi connectivity index (χ3v) is 5.21. The second-order valence-electron chi connectivity index (χ2n) is 6.48. The second kappa shape index (κ2) is 6.18. The van der Waals surface area contributed by atoms with Crippen molar-refractivity contribution >= 4 is 11.5 Å². The van der Waals surface area contributed by atoms with Gasteiger partial charge in [-0.2, -0.15) is 0 Å². The van der Waals surface area contributed by atoms with Crippen LogP contribution in [0.5, 0.6) is 0 Å². The molecule has 2 fully saturated rings. The van der Waals surface area contributed by atoms with Crippen LogP contribution in [-0.2, 0) is 0 Å². The number of piperidine rings is 2. The number of anilines is 1. The number of fused-ring (bicyclic) bond motifs is 1. The fraction of sp³-hybridized carbons (Fsp3) is 0.611. The number of nitrogens with zero attached hydrogens (tertiary/aromatic N) is 2. The number of hydrogen-bond acceptors (Lipinski definition) is 3. The van der Waals surface area contributed by atoms with Gasteiger partial charge in [0.15, 0.2) is 5.78 Å². The Morgan fingerprint density at radius 1 is 1.24 bits per heavy atom. The predicted molar refractivity (Wildman–Crippen MR) is 87.0 cm³/mol. The maximum atomic E-state index is 12.2. The van der Waals surface area contributed by atoms with E-state index in [0.717, 1.165) is 36.3 Å². The van der Waals surface area contributed by atoms with Gasteiger partial charge in [0.25, 0.3) is 0 Å². The molecule has 21 heavy (non-hydrogen) atoms. The van der Waals surface area contributed by atoms with Crippen LogP contribution in [0.25, 0.3) is 0 Å². The van der Waals surface area contributed by atoms with Crippen molar-refractivity contribution in [2.45, 2.75) is 38.6 Å². The van der Waals surface area contributed by atoms with Crippen LogP contribution in [0.2, 0.25) is 0 Å². The van der Waals surface area contributed by atoms with Crippen LogP contribution < -0.4 is 4.90 Å². The van der Waals surface area contributed by atoms with E-state index in [0.29, 0.717) is 6.42 Å². The van der Waals surface area contributed by atoms with Crippen molar-refractivity contribution in [3.63, 3.8) is 0 Å². The minimum atomic E-state index is 0.258. The van der Waals surface area contributed by atoms with E-state index in [4.69, 9.17) is 0 Å². The fourth-order valence-electron chi connectivity index (χ4n) is 4.05. The van der Waals surface area contributed by atoms with E-state index in [1.807, 2.05) is 19.1 Å². The summed E-state index contributed by atoms with van der Waals surface area (Å²) in [5.74, 6) is 1.01. The molecule has 0 aliphatic carbocycles. The molecule has 114 valence electrons. The van der Waals surface area contributed by atoms with Gasteiger partial charge < -0.3 is 9.80 Å². The van der Waals surface area contributed by atoms with Crippen LogP contribution in [0.1, 0.15) is 43.0 Å². The fourth-order valence-corrected chi connectivity index (χ4v) is 4.05. The highest BCUT2D eigenvalue weighted by Crippen LogP contribution is 2.33. The lowest BCUT2D eigenvalue weighted by Crippen LogP contribution is -2.53. The zero-order chi connectivity index (χ0) is 14.8. The van der Waals surface area contributed by atoms with E-state index in [1.54, 1.807) is 0 Å². The molecule has 2 aliphatic rings. The zero-order valence-corrected chi connectivity index (χ0v) is 13.2. The molecule has 0 aromatic heterocycles. The Hall–Kier alpha value is -1.35. The van der Waals surface area contributed by atoms with Crippen molar-refractivity contribution in [2.24, 2.45) is 5.92 Å². The van der Waals surface area contributed by atoms with Gasteiger partial charge in [-0.25, -0.2) is 0 Å². The van der Waals surface area contributed by atoms with Crippen molar-refractivity contribution in [2.75, 3.05) is 31.6 Å². The molecular weight excluding hydrogens is 260 g/mol. The van der Waals surface area contributed by atoms with Gasteiger partial charge >= 0.3 is 0 Å². The standard InChI is InChI=1S/C18H26N2O/c1-3-18(21)15-8-4-5-9-17(15)20-12-10-16-14(13-20)7-6-11-19(16)2/h4-5,8-9,14,16H,3,6-7,10-13H2,1-2H3. The molecule has 2 saturated heterocycles. The third kappa shape index (κ3) is 2.84. The zero-order valence-electron chi connectivity index (χ0n) is 13.2. The summed E-state index contributed by atoms with van der Waals surface area (Å²) in [6, 6.07) is 8.88. The van der Waals surface area contributed by atoms with E-state index >= 15 is 0 Å². The van der Waals surface area contributed by atoms with Crippen LogP contribution in [0.4, 0.5) is 5.69 Å². The molecule has 3 nitrogen and oxygen atoms in total.